The van der Waals surface area contributed by atoms with Crippen LogP contribution in [0.1, 0.15) is 110 Å². The van der Waals surface area contributed by atoms with E-state index in [0.717, 1.165) is 34.2 Å². The molecule has 0 bridgehead atoms. The molecule has 7 atom stereocenters. The van der Waals surface area contributed by atoms with Crippen LogP contribution in [-0.2, 0) is 72.5 Å². The van der Waals surface area contributed by atoms with Crippen molar-refractivity contribution in [1.82, 2.24) is 35.1 Å². The average molecular weight is 1310 g/mol. The summed E-state index contributed by atoms with van der Waals surface area (Å²) in [5, 5.41) is 10.9. The van der Waals surface area contributed by atoms with Crippen LogP contribution in [0.25, 0.3) is 0 Å². The summed E-state index contributed by atoms with van der Waals surface area (Å²) in [5.74, 6) is -6.70. The first-order valence-corrected chi connectivity index (χ1v) is 32.2. The second-order valence-electron chi connectivity index (χ2n) is 27.6. The van der Waals surface area contributed by atoms with Crippen molar-refractivity contribution in [1.29, 1.82) is 0 Å². The van der Waals surface area contributed by atoms with Gasteiger partial charge in [-0.05, 0) is 165 Å². The summed E-state index contributed by atoms with van der Waals surface area (Å²) >= 11 is 0. The fourth-order valence-electron chi connectivity index (χ4n) is 12.8. The van der Waals surface area contributed by atoms with Crippen LogP contribution in [0.15, 0.2) is 78.9 Å². The number of hydrogen-bond acceptors (Lipinski definition) is 14. The second-order valence-corrected chi connectivity index (χ2v) is 27.6. The Balaban J connectivity index is 0.939. The number of carbonyl (C=O) groups is 8. The monoisotopic (exact) mass is 1310 g/mol. The molecule has 25 heteroatoms. The van der Waals surface area contributed by atoms with Gasteiger partial charge < -0.3 is 54.9 Å². The lowest BCUT2D eigenvalue weighted by Crippen LogP contribution is -2.64. The van der Waals surface area contributed by atoms with Gasteiger partial charge in [-0.2, -0.15) is 0 Å². The molecule has 3 saturated heterocycles. The summed E-state index contributed by atoms with van der Waals surface area (Å²) < 4.78 is 66.9. The number of hydrogen-bond donors (Lipinski definition) is 4. The molecule has 9 rings (SSSR count). The molecule has 5 aliphatic heterocycles. The number of carbonyl (C=O) groups excluding carboxylic acids is 8. The minimum Gasteiger partial charge on any atom is -0.444 e. The molecule has 3 fully saturated rings. The first-order valence-electron chi connectivity index (χ1n) is 32.2. The molecule has 5 heterocycles. The molecule has 4 aromatic carbocycles. The number of benzene rings is 4. The highest BCUT2D eigenvalue weighted by Gasteiger charge is 2.49. The lowest BCUT2D eigenvalue weighted by atomic mass is 9.83. The van der Waals surface area contributed by atoms with Crippen LogP contribution >= 0.6 is 0 Å². The highest BCUT2D eigenvalue weighted by Crippen LogP contribution is 2.43. The zero-order valence-electron chi connectivity index (χ0n) is 55.6. The van der Waals surface area contributed by atoms with Crippen LogP contribution in [0.4, 0.5) is 39.8 Å². The van der Waals surface area contributed by atoms with E-state index in [-0.39, 0.29) is 74.8 Å². The number of fused-ring (bicyclic) bond motifs is 2. The molecule has 22 nitrogen and oxygen atoms in total. The number of halogens is 3. The third-order valence-electron chi connectivity index (χ3n) is 18.2. The van der Waals surface area contributed by atoms with E-state index < -0.39 is 106 Å². The topological polar surface area (TPSA) is 241 Å². The van der Waals surface area contributed by atoms with E-state index in [1.165, 1.54) is 31.0 Å². The third-order valence-corrected chi connectivity index (χ3v) is 18.2. The number of rotatable bonds is 17. The molecule has 94 heavy (non-hydrogen) atoms. The molecule has 0 spiro atoms. The quantitative estimate of drug-likeness (QED) is 0.0822. The van der Waals surface area contributed by atoms with Crippen molar-refractivity contribution in [2.75, 3.05) is 94.8 Å². The summed E-state index contributed by atoms with van der Waals surface area (Å²) in [6.07, 6.45) is -0.274. The first kappa shape index (κ1) is 70.2. The molecule has 4 aromatic rings. The zero-order chi connectivity index (χ0) is 68.1. The SMILES string of the molecule is CC1COCCN1C[C@H]1CN(C(=O)OC(C)(C)C)[C@H](C)CN1CC(=O)N1CC(C)(C(=O)NCC(=O)Nc2ccc3c(c2)CN(C(=O)C(NC(=O)C(C)N(C)C(=O)OC(C)(C)C)C2CCOCC2)C(C(=O)Nc2c(F)cccc2F)C3)c2ccc(Cc3ccc(F)cc3)cc21. The maximum absolute atomic E-state index is 15.3. The third kappa shape index (κ3) is 16.9. The van der Waals surface area contributed by atoms with Crippen molar-refractivity contribution in [3.63, 3.8) is 0 Å². The van der Waals surface area contributed by atoms with E-state index in [4.69, 9.17) is 18.9 Å². The number of anilines is 3. The largest absolute Gasteiger partial charge is 0.444 e. The van der Waals surface area contributed by atoms with Gasteiger partial charge in [0, 0.05) is 95.5 Å². The fraction of sp³-hybridized carbons (Fsp3) is 0.536. The highest BCUT2D eigenvalue weighted by molar-refractivity contribution is 6.04. The lowest BCUT2D eigenvalue weighted by Gasteiger charge is -2.47. The van der Waals surface area contributed by atoms with Gasteiger partial charge in [-0.3, -0.25) is 43.5 Å². The molecule has 0 saturated carbocycles. The molecule has 0 aromatic heterocycles. The number of likely N-dealkylation sites (N-methyl/N-ethyl adjacent to an activating group) is 1. The Morgan fingerprint density at radius 2 is 1.45 bits per heavy atom. The van der Waals surface area contributed by atoms with Crippen LogP contribution in [-0.4, -0.2) is 199 Å². The number of para-hydroxylation sites is 1. The summed E-state index contributed by atoms with van der Waals surface area (Å²) in [5.41, 5.74) is 0.326. The Morgan fingerprint density at radius 3 is 2.12 bits per heavy atom. The van der Waals surface area contributed by atoms with Crippen LogP contribution < -0.4 is 26.2 Å². The van der Waals surface area contributed by atoms with Crippen LogP contribution in [0, 0.1) is 23.4 Å². The minimum atomic E-state index is -1.37. The normalized spacial score (nSPS) is 21.8. The predicted octanol–water partition coefficient (Wildman–Crippen LogP) is 7.14. The molecule has 5 unspecified atom stereocenters. The van der Waals surface area contributed by atoms with E-state index in [0.29, 0.717) is 81.0 Å². The van der Waals surface area contributed by atoms with Gasteiger partial charge in [0.1, 0.15) is 52.5 Å². The van der Waals surface area contributed by atoms with Crippen molar-refractivity contribution in [3.05, 3.63) is 124 Å². The van der Waals surface area contributed by atoms with E-state index in [1.54, 1.807) is 67.8 Å². The van der Waals surface area contributed by atoms with Gasteiger partial charge in [0.25, 0.3) is 0 Å². The lowest BCUT2D eigenvalue weighted by molar-refractivity contribution is -0.146. The Morgan fingerprint density at radius 1 is 0.766 bits per heavy atom. The maximum Gasteiger partial charge on any atom is 0.410 e. The molecular formula is C69H89F3N10O12. The van der Waals surface area contributed by atoms with Crippen LogP contribution in [0.3, 0.4) is 0 Å². The maximum atomic E-state index is 15.3. The van der Waals surface area contributed by atoms with E-state index in [2.05, 4.69) is 38.0 Å². The van der Waals surface area contributed by atoms with Gasteiger partial charge in [0.05, 0.1) is 31.7 Å². The number of morpholine rings is 1. The van der Waals surface area contributed by atoms with Gasteiger partial charge >= 0.3 is 12.2 Å². The van der Waals surface area contributed by atoms with E-state index >= 15 is 18.4 Å². The van der Waals surface area contributed by atoms with Gasteiger partial charge in [0.2, 0.25) is 35.4 Å². The molecule has 5 aliphatic rings. The Bertz CT molecular complexity index is 3470. The van der Waals surface area contributed by atoms with Gasteiger partial charge in [-0.25, -0.2) is 22.8 Å². The number of nitrogens with one attached hydrogen (secondary N) is 4. The predicted molar refractivity (Wildman–Crippen MR) is 345 cm³/mol. The smallest absolute Gasteiger partial charge is 0.410 e. The van der Waals surface area contributed by atoms with Gasteiger partial charge in [-0.15, -0.1) is 0 Å². The molecule has 4 N–H and O–H groups in total. The van der Waals surface area contributed by atoms with Crippen molar-refractivity contribution < 1.29 is 70.5 Å². The van der Waals surface area contributed by atoms with Crippen molar-refractivity contribution >= 4 is 64.7 Å². The fourth-order valence-corrected chi connectivity index (χ4v) is 12.8. The van der Waals surface area contributed by atoms with Gasteiger partial charge in [0.15, 0.2) is 0 Å². The molecule has 0 radical (unpaired) electrons. The summed E-state index contributed by atoms with van der Waals surface area (Å²) in [7, 11) is 1.39. The molecule has 508 valence electrons. The number of nitrogens with zero attached hydrogens (tertiary/aromatic N) is 6. The molecule has 8 amide bonds. The van der Waals surface area contributed by atoms with Crippen molar-refractivity contribution in [2.24, 2.45) is 5.92 Å². The van der Waals surface area contributed by atoms with Crippen LogP contribution in [0.2, 0.25) is 0 Å². The average Bonchev–Trinajstić information content (AvgIpc) is 1.56. The second kappa shape index (κ2) is 29.2. The Labute approximate surface area is 547 Å². The Hall–Kier alpha value is -8.13. The molecule has 0 aliphatic carbocycles. The van der Waals surface area contributed by atoms with Crippen LogP contribution in [0.5, 0.6) is 0 Å². The number of ether oxygens (including phenoxy) is 4. The van der Waals surface area contributed by atoms with E-state index in [1.807, 2.05) is 45.9 Å². The summed E-state index contributed by atoms with van der Waals surface area (Å²) in [4.78, 5) is 125. The standard InChI is InChI=1S/C69H89F3N10O12/c1-41-34-79(51(36-78-25-28-92-39-42(78)2)37-80(41)66(90)94-68(7,8)9)38-58(84)82-40-69(10,52-22-17-45(30-55(52)82)29-44-15-19-49(70)20-16-44)64(88)73-33-57(83)74-50-21-18-47-32-56(62(86)76-60-53(71)13-12-14-54(60)72)81(35-48(47)31-50)63(87)59(46-23-26-91-27-24-46)75-61(85)43(3)77(11)65(89)93-67(4,5)6/h12-22,30-31,41-43,46,51,56,59H,23-29,32-40H2,1-11H3,(H,73,88)(H,74,83)(H,75,85)(H,76,86)/t41-,42?,43?,51+,56?,59?,69?/m1/s1. The minimum absolute atomic E-state index is 0.0482. The highest BCUT2D eigenvalue weighted by atomic mass is 19.1. The van der Waals surface area contributed by atoms with Crippen molar-refractivity contribution in [2.45, 2.75) is 154 Å². The summed E-state index contributed by atoms with van der Waals surface area (Å²) in [6, 6.07) is 15.4. The number of amides is 8. The Kier molecular flexibility index (Phi) is 21.8. The summed E-state index contributed by atoms with van der Waals surface area (Å²) in [6.45, 7) is 20.3. The van der Waals surface area contributed by atoms with Gasteiger partial charge in [-0.1, -0.05) is 36.4 Å². The van der Waals surface area contributed by atoms with Crippen molar-refractivity contribution in [3.8, 4) is 0 Å². The zero-order valence-corrected chi connectivity index (χ0v) is 55.6. The first-order chi connectivity index (χ1) is 44.4. The number of piperazine rings is 1. The molecular weight excluding hydrogens is 1220 g/mol. The van der Waals surface area contributed by atoms with E-state index in [9.17, 15) is 33.2 Å².